The first-order chi connectivity index (χ1) is 9.72. The molecular formula is C16H29N3S. The van der Waals surface area contributed by atoms with Crippen LogP contribution in [0.4, 0.5) is 5.13 Å². The Kier molecular flexibility index (Phi) is 6.30. The second kappa shape index (κ2) is 7.99. The first-order valence-electron chi connectivity index (χ1n) is 8.13. The molecule has 0 unspecified atom stereocenters. The summed E-state index contributed by atoms with van der Waals surface area (Å²) in [6.07, 6.45) is 7.68. The highest BCUT2D eigenvalue weighted by Gasteiger charge is 2.17. The lowest BCUT2D eigenvalue weighted by Gasteiger charge is -2.26. The molecule has 0 atom stereocenters. The maximum absolute atomic E-state index is 4.54. The summed E-state index contributed by atoms with van der Waals surface area (Å²) in [5.74, 6) is 1.84. The Morgan fingerprint density at radius 2 is 1.95 bits per heavy atom. The number of hydrogen-bond donors (Lipinski definition) is 1. The zero-order valence-electron chi connectivity index (χ0n) is 13.2. The fourth-order valence-corrected chi connectivity index (χ4v) is 3.96. The number of nitrogens with one attached hydrogen (secondary N) is 1. The zero-order chi connectivity index (χ0) is 14.4. The van der Waals surface area contributed by atoms with Crippen molar-refractivity contribution in [3.05, 3.63) is 11.1 Å². The lowest BCUT2D eigenvalue weighted by molar-refractivity contribution is 0.281. The summed E-state index contributed by atoms with van der Waals surface area (Å²) in [7, 11) is 0. The Morgan fingerprint density at radius 3 is 2.60 bits per heavy atom. The minimum atomic E-state index is 0.890. The highest BCUT2D eigenvalue weighted by molar-refractivity contribution is 7.15. The smallest absolute Gasteiger partial charge is 0.185 e. The largest absolute Gasteiger partial charge is 0.349 e. The van der Waals surface area contributed by atoms with Gasteiger partial charge < -0.3 is 10.2 Å². The Bertz CT molecular complexity index is 379. The maximum Gasteiger partial charge on any atom is 0.185 e. The minimum Gasteiger partial charge on any atom is -0.349 e. The SMILES string of the molecule is CCN(CC)c1ncc(CNCC2CCC(C)CC2)s1. The van der Waals surface area contributed by atoms with Crippen LogP contribution in [0.15, 0.2) is 6.20 Å². The van der Waals surface area contributed by atoms with E-state index in [4.69, 9.17) is 0 Å². The van der Waals surface area contributed by atoms with Crippen LogP contribution in [0, 0.1) is 11.8 Å². The second-order valence-electron chi connectivity index (χ2n) is 6.04. The average Bonchev–Trinajstić information content (AvgIpc) is 2.91. The van der Waals surface area contributed by atoms with E-state index in [0.29, 0.717) is 0 Å². The molecule has 1 aromatic heterocycles. The van der Waals surface area contributed by atoms with Crippen LogP contribution >= 0.6 is 11.3 Å². The van der Waals surface area contributed by atoms with Gasteiger partial charge in [0.1, 0.15) is 0 Å². The highest BCUT2D eigenvalue weighted by atomic mass is 32.1. The van der Waals surface area contributed by atoms with Crippen LogP contribution in [0.3, 0.4) is 0 Å². The van der Waals surface area contributed by atoms with E-state index in [1.807, 2.05) is 17.5 Å². The summed E-state index contributed by atoms with van der Waals surface area (Å²) < 4.78 is 0. The van der Waals surface area contributed by atoms with E-state index in [9.17, 15) is 0 Å². The number of hydrogen-bond acceptors (Lipinski definition) is 4. The third kappa shape index (κ3) is 4.45. The second-order valence-corrected chi connectivity index (χ2v) is 7.13. The molecule has 114 valence electrons. The molecule has 1 aliphatic carbocycles. The molecule has 0 saturated heterocycles. The lowest BCUT2D eigenvalue weighted by Crippen LogP contribution is -2.25. The van der Waals surface area contributed by atoms with E-state index in [0.717, 1.165) is 31.5 Å². The Balaban J connectivity index is 1.71. The van der Waals surface area contributed by atoms with Crippen LogP contribution in [0.25, 0.3) is 0 Å². The fraction of sp³-hybridized carbons (Fsp3) is 0.812. The summed E-state index contributed by atoms with van der Waals surface area (Å²) >= 11 is 1.83. The summed E-state index contributed by atoms with van der Waals surface area (Å²) in [5, 5.41) is 4.79. The number of anilines is 1. The first-order valence-corrected chi connectivity index (χ1v) is 8.94. The van der Waals surface area contributed by atoms with Crippen molar-refractivity contribution in [3.8, 4) is 0 Å². The van der Waals surface area contributed by atoms with E-state index >= 15 is 0 Å². The molecule has 0 spiro atoms. The fourth-order valence-electron chi connectivity index (χ4n) is 2.95. The van der Waals surface area contributed by atoms with Crippen LogP contribution < -0.4 is 10.2 Å². The van der Waals surface area contributed by atoms with Crippen LogP contribution in [0.2, 0.25) is 0 Å². The Morgan fingerprint density at radius 1 is 1.25 bits per heavy atom. The molecule has 4 heteroatoms. The van der Waals surface area contributed by atoms with Gasteiger partial charge in [-0.05, 0) is 45.1 Å². The van der Waals surface area contributed by atoms with E-state index in [2.05, 4.69) is 36.0 Å². The average molecular weight is 295 g/mol. The standard InChI is InChI=1S/C16H29N3S/c1-4-19(5-2)16-18-12-15(20-16)11-17-10-14-8-6-13(3)7-9-14/h12-14,17H,4-11H2,1-3H3. The molecule has 1 fully saturated rings. The molecule has 1 N–H and O–H groups in total. The normalized spacial score (nSPS) is 22.9. The van der Waals surface area contributed by atoms with Gasteiger partial charge in [-0.25, -0.2) is 4.98 Å². The van der Waals surface area contributed by atoms with Crippen LogP contribution in [0.5, 0.6) is 0 Å². The van der Waals surface area contributed by atoms with Gasteiger partial charge >= 0.3 is 0 Å². The van der Waals surface area contributed by atoms with Gasteiger partial charge in [0.2, 0.25) is 0 Å². The van der Waals surface area contributed by atoms with E-state index in [1.54, 1.807) is 0 Å². The number of aromatic nitrogens is 1. The van der Waals surface area contributed by atoms with Crippen molar-refractivity contribution in [2.75, 3.05) is 24.5 Å². The van der Waals surface area contributed by atoms with Crippen molar-refractivity contribution in [1.82, 2.24) is 10.3 Å². The molecule has 1 heterocycles. The van der Waals surface area contributed by atoms with Gasteiger partial charge in [-0.1, -0.05) is 19.8 Å². The predicted molar refractivity (Wildman–Crippen MR) is 88.5 cm³/mol. The van der Waals surface area contributed by atoms with Crippen molar-refractivity contribution >= 4 is 16.5 Å². The summed E-state index contributed by atoms with van der Waals surface area (Å²) in [5.41, 5.74) is 0. The molecule has 1 aliphatic rings. The van der Waals surface area contributed by atoms with Crippen molar-refractivity contribution < 1.29 is 0 Å². The Labute approximate surface area is 127 Å². The molecular weight excluding hydrogens is 266 g/mol. The molecule has 1 saturated carbocycles. The molecule has 0 aromatic carbocycles. The monoisotopic (exact) mass is 295 g/mol. The van der Waals surface area contributed by atoms with Crippen LogP contribution in [-0.4, -0.2) is 24.6 Å². The molecule has 20 heavy (non-hydrogen) atoms. The van der Waals surface area contributed by atoms with Crippen molar-refractivity contribution in [1.29, 1.82) is 0 Å². The quantitative estimate of drug-likeness (QED) is 0.827. The van der Waals surface area contributed by atoms with Crippen molar-refractivity contribution in [3.63, 3.8) is 0 Å². The minimum absolute atomic E-state index is 0.890. The number of thiazole rings is 1. The van der Waals surface area contributed by atoms with Crippen molar-refractivity contribution in [2.45, 2.75) is 53.0 Å². The molecule has 1 aromatic rings. The van der Waals surface area contributed by atoms with Crippen molar-refractivity contribution in [2.24, 2.45) is 11.8 Å². The highest BCUT2D eigenvalue weighted by Crippen LogP contribution is 2.28. The summed E-state index contributed by atoms with van der Waals surface area (Å²) in [4.78, 5) is 8.21. The molecule has 0 amide bonds. The lowest BCUT2D eigenvalue weighted by atomic mass is 9.83. The molecule has 2 rings (SSSR count). The maximum atomic E-state index is 4.54. The number of nitrogens with zero attached hydrogens (tertiary/aromatic N) is 2. The van der Waals surface area contributed by atoms with Gasteiger partial charge in [0.05, 0.1) is 0 Å². The zero-order valence-corrected chi connectivity index (χ0v) is 14.0. The van der Waals surface area contributed by atoms with E-state index in [-0.39, 0.29) is 0 Å². The summed E-state index contributed by atoms with van der Waals surface area (Å²) in [6.45, 7) is 11.0. The Hall–Kier alpha value is -0.610. The van der Waals surface area contributed by atoms with Gasteiger partial charge in [-0.2, -0.15) is 0 Å². The van der Waals surface area contributed by atoms with E-state index < -0.39 is 0 Å². The topological polar surface area (TPSA) is 28.2 Å². The van der Waals surface area contributed by atoms with Gasteiger partial charge in [0.15, 0.2) is 5.13 Å². The molecule has 0 radical (unpaired) electrons. The van der Waals surface area contributed by atoms with Gasteiger partial charge in [-0.15, -0.1) is 11.3 Å². The van der Waals surface area contributed by atoms with E-state index in [1.165, 1.54) is 42.2 Å². The summed E-state index contributed by atoms with van der Waals surface area (Å²) in [6, 6.07) is 0. The first kappa shape index (κ1) is 15.8. The molecule has 3 nitrogen and oxygen atoms in total. The molecule has 0 bridgehead atoms. The predicted octanol–water partition coefficient (Wildman–Crippen LogP) is 3.91. The number of rotatable bonds is 7. The molecule has 0 aliphatic heterocycles. The van der Waals surface area contributed by atoms with Crippen LogP contribution in [0.1, 0.15) is 51.3 Å². The third-order valence-electron chi connectivity index (χ3n) is 4.44. The van der Waals surface area contributed by atoms with Gasteiger partial charge in [-0.3, -0.25) is 0 Å². The van der Waals surface area contributed by atoms with Gasteiger partial charge in [0.25, 0.3) is 0 Å². The third-order valence-corrected chi connectivity index (χ3v) is 5.50. The van der Waals surface area contributed by atoms with Crippen LogP contribution in [-0.2, 0) is 6.54 Å². The van der Waals surface area contributed by atoms with Gasteiger partial charge in [0, 0.05) is 30.7 Å².